The number of rotatable bonds is 2. The molecule has 1 atom stereocenters. The standard InChI is InChI=1S/C8H18B2N2/c1-7(2,3)11(6)10-12-8(4,5)9-12/h1-6H3. The van der Waals surface area contributed by atoms with Gasteiger partial charge < -0.3 is 9.53 Å². The van der Waals surface area contributed by atoms with Crippen molar-refractivity contribution in [3.63, 3.8) is 0 Å². The highest BCUT2D eigenvalue weighted by atomic mass is 15.3. The number of nitrogens with zero attached hydrogens (tertiary/aromatic N) is 2. The van der Waals surface area contributed by atoms with E-state index >= 15 is 0 Å². The number of hydrogen-bond donors (Lipinski definition) is 0. The second-order valence-corrected chi connectivity index (χ2v) is 5.09. The third kappa shape index (κ3) is 2.27. The predicted molar refractivity (Wildman–Crippen MR) is 54.9 cm³/mol. The maximum atomic E-state index is 2.23. The lowest BCUT2D eigenvalue weighted by atomic mass is 9.92. The second kappa shape index (κ2) is 2.78. The van der Waals surface area contributed by atoms with E-state index in [1.807, 2.05) is 0 Å². The molecule has 1 aliphatic rings. The first-order chi connectivity index (χ1) is 5.23. The Bertz CT molecular complexity index is 174. The highest BCUT2D eigenvalue weighted by molar-refractivity contribution is 6.63. The Morgan fingerprint density at radius 3 is 2.00 bits per heavy atom. The Morgan fingerprint density at radius 1 is 1.33 bits per heavy atom. The molecule has 0 aliphatic carbocycles. The lowest BCUT2D eigenvalue weighted by molar-refractivity contribution is 0.288. The van der Waals surface area contributed by atoms with Crippen molar-refractivity contribution in [2.45, 2.75) is 45.6 Å². The van der Waals surface area contributed by atoms with Crippen LogP contribution >= 0.6 is 0 Å². The fourth-order valence-electron chi connectivity index (χ4n) is 0.853. The summed E-state index contributed by atoms with van der Waals surface area (Å²) in [6.45, 7) is 11.0. The molecule has 1 saturated heterocycles. The van der Waals surface area contributed by atoms with Crippen molar-refractivity contribution in [2.75, 3.05) is 7.05 Å². The molecule has 1 fully saturated rings. The van der Waals surface area contributed by atoms with Crippen molar-refractivity contribution < 1.29 is 0 Å². The van der Waals surface area contributed by atoms with Gasteiger partial charge in [0.1, 0.15) is 0 Å². The molecule has 0 aromatic carbocycles. The van der Waals surface area contributed by atoms with Crippen LogP contribution in [0.1, 0.15) is 34.6 Å². The molecule has 2 nitrogen and oxygen atoms in total. The third-order valence-corrected chi connectivity index (χ3v) is 2.41. The van der Waals surface area contributed by atoms with Gasteiger partial charge in [-0.2, -0.15) is 0 Å². The monoisotopic (exact) mass is 164 g/mol. The second-order valence-electron chi connectivity index (χ2n) is 5.09. The van der Waals surface area contributed by atoms with Gasteiger partial charge in [0, 0.05) is 5.54 Å². The van der Waals surface area contributed by atoms with Crippen LogP contribution in [0.3, 0.4) is 0 Å². The minimum absolute atomic E-state index is 0.215. The zero-order valence-electron chi connectivity index (χ0n) is 9.05. The maximum absolute atomic E-state index is 2.23. The first kappa shape index (κ1) is 10.1. The average Bonchev–Trinajstić information content (AvgIpc) is 2.36. The minimum Gasteiger partial charge on any atom is -0.378 e. The van der Waals surface area contributed by atoms with E-state index in [1.165, 1.54) is 0 Å². The molecule has 0 amide bonds. The summed E-state index contributed by atoms with van der Waals surface area (Å²) in [5.74, 6) is 0. The topological polar surface area (TPSA) is 6.25 Å². The molecule has 0 N–H and O–H groups in total. The molecule has 66 valence electrons. The molecule has 1 aliphatic heterocycles. The lowest BCUT2D eigenvalue weighted by Crippen LogP contribution is -2.44. The zero-order valence-corrected chi connectivity index (χ0v) is 9.05. The van der Waals surface area contributed by atoms with Crippen LogP contribution in [-0.4, -0.2) is 42.5 Å². The summed E-state index contributed by atoms with van der Waals surface area (Å²) in [5, 5.41) is 0. The minimum atomic E-state index is 0.215. The van der Waals surface area contributed by atoms with E-state index in [0.717, 1.165) is 0 Å². The molecule has 1 heterocycles. The average molecular weight is 164 g/mol. The van der Waals surface area contributed by atoms with E-state index in [-0.39, 0.29) is 11.0 Å². The van der Waals surface area contributed by atoms with Crippen LogP contribution in [0.25, 0.3) is 0 Å². The van der Waals surface area contributed by atoms with Crippen LogP contribution in [0.5, 0.6) is 0 Å². The van der Waals surface area contributed by atoms with Crippen LogP contribution in [0.2, 0.25) is 0 Å². The molecule has 0 bridgehead atoms. The molecule has 12 heavy (non-hydrogen) atoms. The van der Waals surface area contributed by atoms with Gasteiger partial charge in [0.2, 0.25) is 7.41 Å². The fourth-order valence-corrected chi connectivity index (χ4v) is 0.853. The summed E-state index contributed by atoms with van der Waals surface area (Å²) in [4.78, 5) is 2.23. The molecular formula is C8H18B2N2. The van der Waals surface area contributed by atoms with Crippen LogP contribution < -0.4 is 0 Å². The SMILES string of the molecule is CN([B]N1[B]C1(C)C)C(C)(C)C. The summed E-state index contributed by atoms with van der Waals surface area (Å²) in [6.07, 6.45) is 0. The molecule has 2 radical (unpaired) electrons. The van der Waals surface area contributed by atoms with Gasteiger partial charge in [0.15, 0.2) is 0 Å². The van der Waals surface area contributed by atoms with Crippen LogP contribution in [0.4, 0.5) is 0 Å². The van der Waals surface area contributed by atoms with Crippen molar-refractivity contribution in [1.82, 2.24) is 9.53 Å². The molecule has 1 rings (SSSR count). The van der Waals surface area contributed by atoms with Gasteiger partial charge in [0.05, 0.1) is 0 Å². The van der Waals surface area contributed by atoms with E-state index in [0.29, 0.717) is 0 Å². The fraction of sp³-hybridized carbons (Fsp3) is 1.00. The Labute approximate surface area is 77.9 Å². The van der Waals surface area contributed by atoms with Crippen LogP contribution in [0, 0.1) is 0 Å². The van der Waals surface area contributed by atoms with Crippen molar-refractivity contribution in [3.8, 4) is 0 Å². The summed E-state index contributed by atoms with van der Waals surface area (Å²) in [7, 11) is 6.50. The van der Waals surface area contributed by atoms with Gasteiger partial charge in [0.25, 0.3) is 0 Å². The molecule has 0 saturated carbocycles. The number of hydrogen-bond acceptors (Lipinski definition) is 2. The van der Waals surface area contributed by atoms with Crippen molar-refractivity contribution in [1.29, 1.82) is 0 Å². The van der Waals surface area contributed by atoms with Gasteiger partial charge >= 0.3 is 7.55 Å². The largest absolute Gasteiger partial charge is 0.378 e. The van der Waals surface area contributed by atoms with Crippen LogP contribution in [-0.2, 0) is 0 Å². The molecule has 1 unspecified atom stereocenters. The first-order valence-electron chi connectivity index (χ1n) is 4.46. The van der Waals surface area contributed by atoms with Gasteiger partial charge in [-0.25, -0.2) is 0 Å². The quantitative estimate of drug-likeness (QED) is 0.442. The van der Waals surface area contributed by atoms with E-state index in [2.05, 4.69) is 66.2 Å². The summed E-state index contributed by atoms with van der Waals surface area (Å²) >= 11 is 0. The van der Waals surface area contributed by atoms with Crippen molar-refractivity contribution >= 4 is 15.0 Å². The highest BCUT2D eigenvalue weighted by Crippen LogP contribution is 2.27. The zero-order chi connectivity index (χ0) is 9.57. The van der Waals surface area contributed by atoms with Gasteiger partial charge in [-0.1, -0.05) is 13.8 Å². The molecule has 0 aromatic heterocycles. The predicted octanol–water partition coefficient (Wildman–Crippen LogP) is 0.922. The third-order valence-electron chi connectivity index (χ3n) is 2.41. The molecule has 0 spiro atoms. The van der Waals surface area contributed by atoms with Crippen molar-refractivity contribution in [2.24, 2.45) is 0 Å². The molecule has 0 aromatic rings. The van der Waals surface area contributed by atoms with Crippen LogP contribution in [0.15, 0.2) is 0 Å². The van der Waals surface area contributed by atoms with E-state index in [9.17, 15) is 0 Å². The molecular weight excluding hydrogens is 146 g/mol. The molecule has 4 heteroatoms. The smallest absolute Gasteiger partial charge is 0.300 e. The Morgan fingerprint density at radius 2 is 1.75 bits per heavy atom. The summed E-state index contributed by atoms with van der Waals surface area (Å²) in [5.41, 5.74) is 0.492. The Hall–Kier alpha value is 0.0499. The van der Waals surface area contributed by atoms with E-state index in [4.69, 9.17) is 0 Å². The van der Waals surface area contributed by atoms with Gasteiger partial charge in [-0.3, -0.25) is 0 Å². The lowest BCUT2D eigenvalue weighted by Gasteiger charge is -2.32. The normalized spacial score (nSPS) is 26.8. The highest BCUT2D eigenvalue weighted by Gasteiger charge is 2.45. The first-order valence-corrected chi connectivity index (χ1v) is 4.46. The Kier molecular flexibility index (Phi) is 2.34. The Balaban J connectivity index is 2.34. The van der Waals surface area contributed by atoms with Gasteiger partial charge in [-0.15, -0.1) is 0 Å². The summed E-state index contributed by atoms with van der Waals surface area (Å²) in [6, 6.07) is 0. The van der Waals surface area contributed by atoms with E-state index < -0.39 is 0 Å². The van der Waals surface area contributed by atoms with Gasteiger partial charge in [-0.05, 0) is 33.3 Å². The van der Waals surface area contributed by atoms with Crippen molar-refractivity contribution in [3.05, 3.63) is 0 Å². The van der Waals surface area contributed by atoms with E-state index in [1.54, 1.807) is 0 Å². The summed E-state index contributed by atoms with van der Waals surface area (Å²) < 4.78 is 2.23. The maximum Gasteiger partial charge on any atom is 0.300 e.